The van der Waals surface area contributed by atoms with E-state index in [1.165, 1.54) is 36.8 Å². The Hall–Kier alpha value is -0.670. The minimum Gasteiger partial charge on any atom is -0.327 e. The third-order valence-corrected chi connectivity index (χ3v) is 6.01. The first-order valence-electron chi connectivity index (χ1n) is 7.36. The van der Waals surface area contributed by atoms with Gasteiger partial charge in [0, 0.05) is 22.6 Å². The first kappa shape index (κ1) is 14.7. The van der Waals surface area contributed by atoms with E-state index in [1.807, 2.05) is 12.1 Å². The number of aryl methyl sites for hydroxylation is 1. The molecular formula is C16H25NOS. The van der Waals surface area contributed by atoms with Crippen LogP contribution in [0, 0.1) is 6.92 Å². The smallest absolute Gasteiger partial charge is 0.0502 e. The summed E-state index contributed by atoms with van der Waals surface area (Å²) in [6.07, 6.45) is 6.98. The van der Waals surface area contributed by atoms with Gasteiger partial charge >= 0.3 is 0 Å². The molecule has 0 heterocycles. The van der Waals surface area contributed by atoms with Crippen LogP contribution in [0.5, 0.6) is 0 Å². The topological polar surface area (TPSA) is 43.1 Å². The van der Waals surface area contributed by atoms with Crippen molar-refractivity contribution in [3.05, 3.63) is 35.4 Å². The van der Waals surface area contributed by atoms with Crippen molar-refractivity contribution in [1.82, 2.24) is 0 Å². The van der Waals surface area contributed by atoms with Crippen molar-refractivity contribution in [2.75, 3.05) is 0 Å². The zero-order valence-corrected chi connectivity index (χ0v) is 12.6. The molecule has 0 bridgehead atoms. The first-order valence-corrected chi connectivity index (χ1v) is 8.74. The second-order valence-electron chi connectivity index (χ2n) is 5.65. The van der Waals surface area contributed by atoms with Crippen LogP contribution in [-0.4, -0.2) is 15.5 Å². The highest BCUT2D eigenvalue weighted by Crippen LogP contribution is 2.23. The SMILES string of the molecule is Cc1ccccc1CS(=O)C1CCCCCCC1N. The van der Waals surface area contributed by atoms with Gasteiger partial charge in [0.25, 0.3) is 0 Å². The van der Waals surface area contributed by atoms with Crippen LogP contribution in [0.2, 0.25) is 0 Å². The molecule has 1 aliphatic carbocycles. The zero-order chi connectivity index (χ0) is 13.7. The molecule has 3 heteroatoms. The van der Waals surface area contributed by atoms with Crippen LogP contribution in [-0.2, 0) is 16.6 Å². The van der Waals surface area contributed by atoms with Gasteiger partial charge in [-0.2, -0.15) is 0 Å². The van der Waals surface area contributed by atoms with E-state index in [-0.39, 0.29) is 11.3 Å². The summed E-state index contributed by atoms with van der Waals surface area (Å²) in [4.78, 5) is 0. The van der Waals surface area contributed by atoms with E-state index in [0.717, 1.165) is 12.8 Å². The summed E-state index contributed by atoms with van der Waals surface area (Å²) in [6, 6.07) is 8.35. The summed E-state index contributed by atoms with van der Waals surface area (Å²) < 4.78 is 12.6. The lowest BCUT2D eigenvalue weighted by molar-refractivity contribution is 0.456. The summed E-state index contributed by atoms with van der Waals surface area (Å²) in [6.45, 7) is 2.09. The lowest BCUT2D eigenvalue weighted by Crippen LogP contribution is -2.39. The van der Waals surface area contributed by atoms with Crippen molar-refractivity contribution in [3.8, 4) is 0 Å². The average Bonchev–Trinajstić information content (AvgIpc) is 2.37. The highest BCUT2D eigenvalue weighted by Gasteiger charge is 2.25. The second-order valence-corrected chi connectivity index (χ2v) is 7.30. The predicted octanol–water partition coefficient (Wildman–Crippen LogP) is 3.29. The Balaban J connectivity index is 2.03. The number of hydrogen-bond donors (Lipinski definition) is 1. The van der Waals surface area contributed by atoms with Crippen molar-refractivity contribution in [2.24, 2.45) is 5.73 Å². The van der Waals surface area contributed by atoms with Gasteiger partial charge in [-0.3, -0.25) is 4.21 Å². The van der Waals surface area contributed by atoms with Gasteiger partial charge in [0.05, 0.1) is 5.25 Å². The van der Waals surface area contributed by atoms with Crippen molar-refractivity contribution < 1.29 is 4.21 Å². The second kappa shape index (κ2) is 7.20. The van der Waals surface area contributed by atoms with E-state index in [2.05, 4.69) is 19.1 Å². The summed E-state index contributed by atoms with van der Waals surface area (Å²) in [5, 5.41) is 0.180. The summed E-state index contributed by atoms with van der Waals surface area (Å²) in [5.41, 5.74) is 8.68. The molecule has 0 amide bonds. The lowest BCUT2D eigenvalue weighted by Gasteiger charge is -2.26. The average molecular weight is 279 g/mol. The standard InChI is InChI=1S/C16H25NOS/c1-13-8-6-7-9-14(13)12-19(18)16-11-5-3-2-4-10-15(16)17/h6-9,15-16H,2-5,10-12,17H2,1H3. The maximum absolute atomic E-state index is 12.6. The quantitative estimate of drug-likeness (QED) is 0.922. The molecule has 19 heavy (non-hydrogen) atoms. The lowest BCUT2D eigenvalue weighted by atomic mass is 9.97. The summed E-state index contributed by atoms with van der Waals surface area (Å²) >= 11 is 0. The van der Waals surface area contributed by atoms with E-state index < -0.39 is 10.8 Å². The van der Waals surface area contributed by atoms with Crippen molar-refractivity contribution >= 4 is 10.8 Å². The van der Waals surface area contributed by atoms with Gasteiger partial charge < -0.3 is 5.73 Å². The molecule has 1 saturated carbocycles. The monoisotopic (exact) mass is 279 g/mol. The molecule has 2 N–H and O–H groups in total. The molecule has 0 saturated heterocycles. The molecule has 0 radical (unpaired) electrons. The van der Waals surface area contributed by atoms with E-state index in [0.29, 0.717) is 5.75 Å². The Bertz CT molecular complexity index is 433. The number of benzene rings is 1. The van der Waals surface area contributed by atoms with Gasteiger partial charge in [0.1, 0.15) is 0 Å². The molecule has 2 rings (SSSR count). The van der Waals surface area contributed by atoms with Crippen LogP contribution in [0.4, 0.5) is 0 Å². The highest BCUT2D eigenvalue weighted by atomic mass is 32.2. The normalized spacial score (nSPS) is 26.4. The fourth-order valence-electron chi connectivity index (χ4n) is 2.84. The van der Waals surface area contributed by atoms with Gasteiger partial charge in [0.2, 0.25) is 0 Å². The molecule has 1 fully saturated rings. The third kappa shape index (κ3) is 4.15. The van der Waals surface area contributed by atoms with Crippen LogP contribution in [0.3, 0.4) is 0 Å². The van der Waals surface area contributed by atoms with E-state index in [1.54, 1.807) is 0 Å². The molecule has 3 atom stereocenters. The Morgan fingerprint density at radius 3 is 2.58 bits per heavy atom. The highest BCUT2D eigenvalue weighted by molar-refractivity contribution is 7.84. The summed E-state index contributed by atoms with van der Waals surface area (Å²) in [5.74, 6) is 0.658. The minimum absolute atomic E-state index is 0.116. The van der Waals surface area contributed by atoms with Crippen LogP contribution in [0.25, 0.3) is 0 Å². The Morgan fingerprint density at radius 2 is 1.84 bits per heavy atom. The van der Waals surface area contributed by atoms with E-state index in [4.69, 9.17) is 5.73 Å². The zero-order valence-electron chi connectivity index (χ0n) is 11.8. The van der Waals surface area contributed by atoms with Crippen LogP contribution in [0.15, 0.2) is 24.3 Å². The molecule has 2 nitrogen and oxygen atoms in total. The molecule has 1 aromatic carbocycles. The van der Waals surface area contributed by atoms with Gasteiger partial charge in [-0.15, -0.1) is 0 Å². The van der Waals surface area contributed by atoms with Gasteiger partial charge in [-0.1, -0.05) is 49.9 Å². The fraction of sp³-hybridized carbons (Fsp3) is 0.625. The van der Waals surface area contributed by atoms with Crippen molar-refractivity contribution in [2.45, 2.75) is 62.5 Å². The summed E-state index contributed by atoms with van der Waals surface area (Å²) in [7, 11) is -0.842. The van der Waals surface area contributed by atoms with Gasteiger partial charge in [0.15, 0.2) is 0 Å². The molecule has 3 unspecified atom stereocenters. The van der Waals surface area contributed by atoms with Gasteiger partial charge in [-0.05, 0) is 30.9 Å². The number of rotatable bonds is 3. The maximum atomic E-state index is 12.6. The van der Waals surface area contributed by atoms with Crippen LogP contribution in [0.1, 0.15) is 49.7 Å². The Labute approximate surface area is 119 Å². The molecule has 0 spiro atoms. The molecule has 1 aliphatic rings. The molecular weight excluding hydrogens is 254 g/mol. The predicted molar refractivity (Wildman–Crippen MR) is 82.5 cm³/mol. The molecule has 0 aromatic heterocycles. The first-order chi connectivity index (χ1) is 9.18. The van der Waals surface area contributed by atoms with Crippen molar-refractivity contribution in [3.63, 3.8) is 0 Å². The van der Waals surface area contributed by atoms with Gasteiger partial charge in [-0.25, -0.2) is 0 Å². The fourth-order valence-corrected chi connectivity index (χ4v) is 4.64. The molecule has 0 aliphatic heterocycles. The van der Waals surface area contributed by atoms with Crippen LogP contribution < -0.4 is 5.73 Å². The van der Waals surface area contributed by atoms with E-state index >= 15 is 0 Å². The minimum atomic E-state index is -0.842. The number of nitrogens with two attached hydrogens (primary N) is 1. The molecule has 1 aromatic rings. The largest absolute Gasteiger partial charge is 0.327 e. The van der Waals surface area contributed by atoms with E-state index in [9.17, 15) is 4.21 Å². The number of hydrogen-bond acceptors (Lipinski definition) is 2. The molecule has 106 valence electrons. The Kier molecular flexibility index (Phi) is 5.59. The van der Waals surface area contributed by atoms with Crippen molar-refractivity contribution in [1.29, 1.82) is 0 Å². The Morgan fingerprint density at radius 1 is 1.16 bits per heavy atom. The third-order valence-electron chi connectivity index (χ3n) is 4.15. The maximum Gasteiger partial charge on any atom is 0.0502 e. The van der Waals surface area contributed by atoms with Crippen LogP contribution >= 0.6 is 0 Å².